The van der Waals surface area contributed by atoms with Crippen molar-refractivity contribution >= 4 is 5.91 Å². The van der Waals surface area contributed by atoms with Crippen LogP contribution in [0.1, 0.15) is 24.8 Å². The number of carbonyl (C=O) groups is 1. The van der Waals surface area contributed by atoms with Gasteiger partial charge in [-0.05, 0) is 23.8 Å². The fourth-order valence-corrected chi connectivity index (χ4v) is 1.91. The highest BCUT2D eigenvalue weighted by Gasteiger charge is 2.39. The van der Waals surface area contributed by atoms with E-state index in [0.717, 1.165) is 11.5 Å². The molecule has 1 fully saturated rings. The second-order valence-corrected chi connectivity index (χ2v) is 4.11. The van der Waals surface area contributed by atoms with E-state index >= 15 is 0 Å². The number of carbonyl (C=O) groups excluding carboxylic acids is 1. The predicted molar refractivity (Wildman–Crippen MR) is 56.5 cm³/mol. The van der Waals surface area contributed by atoms with Crippen molar-refractivity contribution in [3.63, 3.8) is 0 Å². The Morgan fingerprint density at radius 3 is 2.73 bits per heavy atom. The first-order valence-electron chi connectivity index (χ1n) is 5.20. The molecule has 1 aromatic rings. The van der Waals surface area contributed by atoms with E-state index in [-0.39, 0.29) is 5.91 Å². The molecule has 0 aliphatic heterocycles. The van der Waals surface area contributed by atoms with Crippen LogP contribution in [0.15, 0.2) is 30.3 Å². The lowest BCUT2D eigenvalue weighted by molar-refractivity contribution is -0.163. The molecule has 0 unspecified atom stereocenters. The molecule has 0 saturated heterocycles. The van der Waals surface area contributed by atoms with E-state index in [2.05, 4.69) is 12.1 Å². The lowest BCUT2D eigenvalue weighted by Crippen LogP contribution is -2.27. The Morgan fingerprint density at radius 1 is 1.47 bits per heavy atom. The summed E-state index contributed by atoms with van der Waals surface area (Å²) in [5.74, 6) is 0.648. The number of nitrogens with zero attached hydrogens (tertiary/aromatic N) is 1. The molecule has 3 heteroatoms. The van der Waals surface area contributed by atoms with Crippen LogP contribution in [-0.4, -0.2) is 22.7 Å². The molecular formula is C12H15NO2. The Morgan fingerprint density at radius 2 is 2.13 bits per heavy atom. The standard InChI is InChI=1S/C12H15NO2/c1-9(14)13(15)8-11-7-12(11)10-5-3-2-4-6-10/h2-6,11-12,15H,7-8H2,1H3/t11-,12-/m0/s1. The quantitative estimate of drug-likeness (QED) is 0.606. The van der Waals surface area contributed by atoms with Gasteiger partial charge in [0, 0.05) is 6.92 Å². The van der Waals surface area contributed by atoms with Gasteiger partial charge in [-0.3, -0.25) is 10.0 Å². The summed E-state index contributed by atoms with van der Waals surface area (Å²) < 4.78 is 0. The van der Waals surface area contributed by atoms with Gasteiger partial charge >= 0.3 is 0 Å². The minimum atomic E-state index is -0.284. The van der Waals surface area contributed by atoms with E-state index in [1.807, 2.05) is 18.2 Å². The van der Waals surface area contributed by atoms with Crippen molar-refractivity contribution in [2.75, 3.05) is 6.54 Å². The monoisotopic (exact) mass is 205 g/mol. The molecule has 1 aromatic carbocycles. The lowest BCUT2D eigenvalue weighted by Gasteiger charge is -2.11. The summed E-state index contributed by atoms with van der Waals surface area (Å²) >= 11 is 0. The zero-order chi connectivity index (χ0) is 10.8. The molecule has 0 bridgehead atoms. The molecule has 2 rings (SSSR count). The first-order valence-corrected chi connectivity index (χ1v) is 5.20. The van der Waals surface area contributed by atoms with Crippen LogP contribution in [0.5, 0.6) is 0 Å². The van der Waals surface area contributed by atoms with Crippen molar-refractivity contribution in [1.29, 1.82) is 0 Å². The second-order valence-electron chi connectivity index (χ2n) is 4.11. The van der Waals surface area contributed by atoms with Crippen molar-refractivity contribution in [3.8, 4) is 0 Å². The first kappa shape index (κ1) is 10.2. The third-order valence-electron chi connectivity index (χ3n) is 2.92. The van der Waals surface area contributed by atoms with Crippen LogP contribution in [0.25, 0.3) is 0 Å². The van der Waals surface area contributed by atoms with E-state index in [1.54, 1.807) is 0 Å². The van der Waals surface area contributed by atoms with E-state index in [4.69, 9.17) is 0 Å². The molecule has 1 saturated carbocycles. The van der Waals surface area contributed by atoms with Gasteiger partial charge in [-0.2, -0.15) is 0 Å². The van der Waals surface area contributed by atoms with Gasteiger partial charge < -0.3 is 0 Å². The molecule has 1 N–H and O–H groups in total. The number of hydrogen-bond donors (Lipinski definition) is 1. The molecule has 1 aliphatic rings. The van der Waals surface area contributed by atoms with Crippen LogP contribution >= 0.6 is 0 Å². The summed E-state index contributed by atoms with van der Waals surface area (Å²) in [7, 11) is 0. The fourth-order valence-electron chi connectivity index (χ4n) is 1.91. The normalized spacial score (nSPS) is 23.6. The van der Waals surface area contributed by atoms with Crippen LogP contribution in [0.4, 0.5) is 0 Å². The topological polar surface area (TPSA) is 40.5 Å². The molecule has 3 nitrogen and oxygen atoms in total. The Kier molecular flexibility index (Phi) is 2.73. The summed E-state index contributed by atoms with van der Waals surface area (Å²) in [5.41, 5.74) is 1.31. The average molecular weight is 205 g/mol. The van der Waals surface area contributed by atoms with Gasteiger partial charge in [0.1, 0.15) is 0 Å². The second kappa shape index (κ2) is 4.03. The van der Waals surface area contributed by atoms with Crippen LogP contribution in [-0.2, 0) is 4.79 Å². The van der Waals surface area contributed by atoms with Crippen molar-refractivity contribution in [3.05, 3.63) is 35.9 Å². The Balaban J connectivity index is 1.89. The van der Waals surface area contributed by atoms with Gasteiger partial charge in [-0.15, -0.1) is 0 Å². The van der Waals surface area contributed by atoms with Crippen LogP contribution < -0.4 is 0 Å². The summed E-state index contributed by atoms with van der Waals surface area (Å²) in [6.45, 7) is 1.83. The SMILES string of the molecule is CC(=O)N(O)C[C@@H]1C[C@H]1c1ccccc1. The van der Waals surface area contributed by atoms with Gasteiger partial charge in [0.25, 0.3) is 0 Å². The van der Waals surface area contributed by atoms with Crippen LogP contribution in [0.2, 0.25) is 0 Å². The van der Waals surface area contributed by atoms with E-state index in [9.17, 15) is 10.0 Å². The molecule has 2 atom stereocenters. The molecule has 80 valence electrons. The number of benzene rings is 1. The molecule has 1 aliphatic carbocycles. The van der Waals surface area contributed by atoms with Crippen molar-refractivity contribution in [1.82, 2.24) is 5.06 Å². The summed E-state index contributed by atoms with van der Waals surface area (Å²) in [4.78, 5) is 10.8. The minimum absolute atomic E-state index is 0.284. The van der Waals surface area contributed by atoms with Crippen LogP contribution in [0, 0.1) is 5.92 Å². The molecule has 0 spiro atoms. The minimum Gasteiger partial charge on any atom is -0.286 e. The number of hydroxylamine groups is 2. The summed E-state index contributed by atoms with van der Waals surface area (Å²) in [6.07, 6.45) is 1.06. The predicted octanol–water partition coefficient (Wildman–Crippen LogP) is 2.03. The van der Waals surface area contributed by atoms with Gasteiger partial charge in [0.15, 0.2) is 0 Å². The summed E-state index contributed by atoms with van der Waals surface area (Å²) in [6, 6.07) is 10.2. The Bertz CT molecular complexity index is 350. The van der Waals surface area contributed by atoms with Crippen molar-refractivity contribution in [2.45, 2.75) is 19.3 Å². The highest BCUT2D eigenvalue weighted by Crippen LogP contribution is 2.47. The molecule has 0 heterocycles. The highest BCUT2D eigenvalue weighted by atomic mass is 16.5. The largest absolute Gasteiger partial charge is 0.286 e. The maximum absolute atomic E-state index is 10.8. The maximum Gasteiger partial charge on any atom is 0.242 e. The number of amides is 1. The third kappa shape index (κ3) is 2.36. The smallest absolute Gasteiger partial charge is 0.242 e. The average Bonchev–Trinajstić information content (AvgIpc) is 2.98. The van der Waals surface area contributed by atoms with E-state index < -0.39 is 0 Å². The summed E-state index contributed by atoms with van der Waals surface area (Å²) in [5, 5.41) is 10.1. The van der Waals surface area contributed by atoms with Gasteiger partial charge in [-0.1, -0.05) is 30.3 Å². The molecular weight excluding hydrogens is 190 g/mol. The van der Waals surface area contributed by atoms with E-state index in [1.165, 1.54) is 12.5 Å². The molecule has 1 amide bonds. The van der Waals surface area contributed by atoms with Gasteiger partial charge in [0.05, 0.1) is 6.54 Å². The zero-order valence-corrected chi connectivity index (χ0v) is 8.76. The van der Waals surface area contributed by atoms with Crippen molar-refractivity contribution in [2.24, 2.45) is 5.92 Å². The number of hydrogen-bond acceptors (Lipinski definition) is 2. The lowest BCUT2D eigenvalue weighted by atomic mass is 10.1. The highest BCUT2D eigenvalue weighted by molar-refractivity contribution is 5.71. The Labute approximate surface area is 89.3 Å². The zero-order valence-electron chi connectivity index (χ0n) is 8.76. The molecule has 15 heavy (non-hydrogen) atoms. The van der Waals surface area contributed by atoms with Crippen LogP contribution in [0.3, 0.4) is 0 Å². The maximum atomic E-state index is 10.8. The Hall–Kier alpha value is -1.35. The third-order valence-corrected chi connectivity index (χ3v) is 2.92. The fraction of sp³-hybridized carbons (Fsp3) is 0.417. The van der Waals surface area contributed by atoms with Gasteiger partial charge in [0.2, 0.25) is 5.91 Å². The first-order chi connectivity index (χ1) is 7.18. The molecule has 0 radical (unpaired) electrons. The molecule has 0 aromatic heterocycles. The van der Waals surface area contributed by atoms with E-state index in [0.29, 0.717) is 18.4 Å². The number of rotatable bonds is 3. The van der Waals surface area contributed by atoms with Crippen molar-refractivity contribution < 1.29 is 10.0 Å². The van der Waals surface area contributed by atoms with Gasteiger partial charge in [-0.25, -0.2) is 5.06 Å².